The summed E-state index contributed by atoms with van der Waals surface area (Å²) >= 11 is 7.84. The molecule has 1 aliphatic carbocycles. The summed E-state index contributed by atoms with van der Waals surface area (Å²) in [6.45, 7) is 0. The van der Waals surface area contributed by atoms with Crippen LogP contribution < -0.4 is 5.32 Å². The third kappa shape index (κ3) is 2.73. The average molecular weight is 368 g/mol. The van der Waals surface area contributed by atoms with Crippen LogP contribution in [0.3, 0.4) is 0 Å². The van der Waals surface area contributed by atoms with Crippen molar-refractivity contribution in [1.29, 1.82) is 0 Å². The molecule has 0 heterocycles. The van der Waals surface area contributed by atoms with Crippen LogP contribution in [0.15, 0.2) is 18.2 Å². The lowest BCUT2D eigenvalue weighted by Gasteiger charge is -2.41. The summed E-state index contributed by atoms with van der Waals surface area (Å²) < 4.78 is 13.5. The fourth-order valence-electron chi connectivity index (χ4n) is 1.88. The zero-order chi connectivity index (χ0) is 12.5. The van der Waals surface area contributed by atoms with E-state index in [1.165, 1.54) is 18.2 Å². The van der Waals surface area contributed by atoms with Crippen molar-refractivity contribution < 1.29 is 9.18 Å². The van der Waals surface area contributed by atoms with Crippen LogP contribution in [0.2, 0.25) is 0 Å². The number of hydrogen-bond donors (Lipinski definition) is 1. The van der Waals surface area contributed by atoms with Gasteiger partial charge in [0.1, 0.15) is 5.82 Å². The molecule has 0 aliphatic heterocycles. The predicted molar refractivity (Wildman–Crippen MR) is 73.9 cm³/mol. The molecule has 0 radical (unpaired) electrons. The SMILES string of the molecule is O=C(NC1(CCl)CCC1)c1ccc(F)cc1I. The molecule has 0 atom stereocenters. The second-order valence-corrected chi connectivity index (χ2v) is 5.78. The van der Waals surface area contributed by atoms with Gasteiger partial charge in [0.2, 0.25) is 0 Å². The molecule has 0 spiro atoms. The second-order valence-electron chi connectivity index (χ2n) is 4.35. The van der Waals surface area contributed by atoms with Crippen LogP contribution in [0.4, 0.5) is 4.39 Å². The molecule has 1 aromatic carbocycles. The van der Waals surface area contributed by atoms with Crippen molar-refractivity contribution in [3.63, 3.8) is 0 Å². The highest BCUT2D eigenvalue weighted by Gasteiger charge is 2.37. The first-order chi connectivity index (χ1) is 8.06. The molecule has 0 bridgehead atoms. The highest BCUT2D eigenvalue weighted by atomic mass is 127. The van der Waals surface area contributed by atoms with Crippen LogP contribution in [0.5, 0.6) is 0 Å². The molecule has 1 fully saturated rings. The summed E-state index contributed by atoms with van der Waals surface area (Å²) in [5, 5.41) is 2.96. The summed E-state index contributed by atoms with van der Waals surface area (Å²) in [7, 11) is 0. The molecular formula is C12H12ClFINO. The lowest BCUT2D eigenvalue weighted by molar-refractivity contribution is 0.0853. The van der Waals surface area contributed by atoms with Gasteiger partial charge >= 0.3 is 0 Å². The van der Waals surface area contributed by atoms with E-state index in [2.05, 4.69) is 5.32 Å². The highest BCUT2D eigenvalue weighted by molar-refractivity contribution is 14.1. The number of hydrogen-bond acceptors (Lipinski definition) is 1. The molecule has 92 valence electrons. The van der Waals surface area contributed by atoms with E-state index in [-0.39, 0.29) is 17.3 Å². The highest BCUT2D eigenvalue weighted by Crippen LogP contribution is 2.33. The molecule has 0 saturated heterocycles. The first-order valence-corrected chi connectivity index (χ1v) is 7.01. The lowest BCUT2D eigenvalue weighted by Crippen LogP contribution is -2.55. The topological polar surface area (TPSA) is 29.1 Å². The summed E-state index contributed by atoms with van der Waals surface area (Å²) in [5.41, 5.74) is 0.249. The third-order valence-electron chi connectivity index (χ3n) is 3.12. The van der Waals surface area contributed by atoms with Crippen molar-refractivity contribution in [1.82, 2.24) is 5.32 Å². The Bertz CT molecular complexity index is 443. The van der Waals surface area contributed by atoms with Gasteiger partial charge in [-0.05, 0) is 60.1 Å². The number of rotatable bonds is 3. The molecule has 0 unspecified atom stereocenters. The number of benzene rings is 1. The Hall–Kier alpha value is -0.360. The van der Waals surface area contributed by atoms with Crippen molar-refractivity contribution >= 4 is 40.1 Å². The van der Waals surface area contributed by atoms with Crippen LogP contribution in [0, 0.1) is 9.39 Å². The van der Waals surface area contributed by atoms with E-state index >= 15 is 0 Å². The Morgan fingerprint density at radius 1 is 1.53 bits per heavy atom. The summed E-state index contributed by atoms with van der Waals surface area (Å²) in [5.74, 6) is -0.0762. The van der Waals surface area contributed by atoms with Crippen LogP contribution >= 0.6 is 34.2 Å². The summed E-state index contributed by atoms with van der Waals surface area (Å²) in [4.78, 5) is 12.0. The number of amides is 1. The van der Waals surface area contributed by atoms with Gasteiger partial charge in [0, 0.05) is 9.45 Å². The van der Waals surface area contributed by atoms with E-state index in [1.807, 2.05) is 22.6 Å². The van der Waals surface area contributed by atoms with E-state index < -0.39 is 0 Å². The normalized spacial score (nSPS) is 17.4. The van der Waals surface area contributed by atoms with Crippen molar-refractivity contribution in [2.75, 3.05) is 5.88 Å². The van der Waals surface area contributed by atoms with Gasteiger partial charge in [0.25, 0.3) is 5.91 Å². The van der Waals surface area contributed by atoms with Crippen LogP contribution in [-0.4, -0.2) is 17.3 Å². The van der Waals surface area contributed by atoms with Crippen LogP contribution in [0.1, 0.15) is 29.6 Å². The van der Waals surface area contributed by atoms with E-state index in [0.717, 1.165) is 19.3 Å². The van der Waals surface area contributed by atoms with Gasteiger partial charge in [-0.2, -0.15) is 0 Å². The molecule has 2 nitrogen and oxygen atoms in total. The van der Waals surface area contributed by atoms with Crippen molar-refractivity contribution in [2.24, 2.45) is 0 Å². The van der Waals surface area contributed by atoms with E-state index in [0.29, 0.717) is 15.0 Å². The predicted octanol–water partition coefficient (Wildman–Crippen LogP) is 3.32. The largest absolute Gasteiger partial charge is 0.345 e. The monoisotopic (exact) mass is 367 g/mol. The molecule has 1 N–H and O–H groups in total. The maximum atomic E-state index is 12.9. The van der Waals surface area contributed by atoms with Gasteiger partial charge in [0.15, 0.2) is 0 Å². The van der Waals surface area contributed by atoms with Crippen LogP contribution in [-0.2, 0) is 0 Å². The minimum absolute atomic E-state index is 0.172. The number of carbonyl (C=O) groups excluding carboxylic acids is 1. The minimum atomic E-state index is -0.332. The van der Waals surface area contributed by atoms with E-state index in [9.17, 15) is 9.18 Å². The number of halogens is 3. The van der Waals surface area contributed by atoms with E-state index in [4.69, 9.17) is 11.6 Å². The molecule has 1 aromatic rings. The Morgan fingerprint density at radius 2 is 2.24 bits per heavy atom. The maximum Gasteiger partial charge on any atom is 0.252 e. The van der Waals surface area contributed by atoms with Crippen LogP contribution in [0.25, 0.3) is 0 Å². The van der Waals surface area contributed by atoms with Crippen molar-refractivity contribution in [3.8, 4) is 0 Å². The lowest BCUT2D eigenvalue weighted by atomic mass is 9.78. The van der Waals surface area contributed by atoms with Crippen molar-refractivity contribution in [3.05, 3.63) is 33.1 Å². The Labute approximate surface area is 118 Å². The molecule has 2 rings (SSSR count). The first kappa shape index (κ1) is 13.1. The van der Waals surface area contributed by atoms with Gasteiger partial charge < -0.3 is 5.32 Å². The number of alkyl halides is 1. The number of carbonyl (C=O) groups is 1. The fourth-order valence-corrected chi connectivity index (χ4v) is 2.93. The Morgan fingerprint density at radius 3 is 2.71 bits per heavy atom. The third-order valence-corrected chi connectivity index (χ3v) is 4.53. The zero-order valence-electron chi connectivity index (χ0n) is 9.10. The second kappa shape index (κ2) is 5.10. The van der Waals surface area contributed by atoms with Gasteiger partial charge in [0.05, 0.1) is 11.1 Å². The van der Waals surface area contributed by atoms with Crippen molar-refractivity contribution in [2.45, 2.75) is 24.8 Å². The molecule has 1 amide bonds. The summed E-state index contributed by atoms with van der Waals surface area (Å²) in [6, 6.07) is 4.15. The minimum Gasteiger partial charge on any atom is -0.345 e. The Balaban J connectivity index is 2.14. The molecular weight excluding hydrogens is 355 g/mol. The molecule has 5 heteroatoms. The Kier molecular flexibility index (Phi) is 3.92. The summed E-state index contributed by atoms with van der Waals surface area (Å²) in [6.07, 6.45) is 2.92. The smallest absolute Gasteiger partial charge is 0.252 e. The fraction of sp³-hybridized carbons (Fsp3) is 0.417. The van der Waals surface area contributed by atoms with E-state index in [1.54, 1.807) is 0 Å². The standard InChI is InChI=1S/C12H12ClFINO/c13-7-12(4-1-5-12)16-11(17)9-3-2-8(14)6-10(9)15/h2-3,6H,1,4-5,7H2,(H,16,17). The molecule has 1 saturated carbocycles. The zero-order valence-corrected chi connectivity index (χ0v) is 12.0. The number of nitrogens with one attached hydrogen (secondary N) is 1. The quantitative estimate of drug-likeness (QED) is 0.644. The molecule has 0 aromatic heterocycles. The van der Waals surface area contributed by atoms with Gasteiger partial charge in [-0.15, -0.1) is 11.6 Å². The maximum absolute atomic E-state index is 12.9. The molecule has 17 heavy (non-hydrogen) atoms. The average Bonchev–Trinajstić information content (AvgIpc) is 2.23. The van der Waals surface area contributed by atoms with Gasteiger partial charge in [-0.25, -0.2) is 4.39 Å². The molecule has 1 aliphatic rings. The van der Waals surface area contributed by atoms with Gasteiger partial charge in [-0.3, -0.25) is 4.79 Å². The first-order valence-electron chi connectivity index (χ1n) is 5.40. The van der Waals surface area contributed by atoms with Gasteiger partial charge in [-0.1, -0.05) is 0 Å².